The first-order valence-electron chi connectivity index (χ1n) is 4.71. The molecule has 6 nitrogen and oxygen atoms in total. The zero-order valence-corrected chi connectivity index (χ0v) is 10.3. The van der Waals surface area contributed by atoms with Crippen LogP contribution in [0.3, 0.4) is 0 Å². The van der Waals surface area contributed by atoms with Crippen molar-refractivity contribution in [2.24, 2.45) is 0 Å². The van der Waals surface area contributed by atoms with Gasteiger partial charge in [-0.3, -0.25) is 4.57 Å². The second kappa shape index (κ2) is 5.31. The second-order valence-electron chi connectivity index (χ2n) is 3.35. The first-order chi connectivity index (χ1) is 7.86. The van der Waals surface area contributed by atoms with Gasteiger partial charge in [0.2, 0.25) is 0 Å². The number of esters is 1. The number of carbonyl (C=O) groups is 1. The van der Waals surface area contributed by atoms with Gasteiger partial charge in [-0.05, 0) is 18.6 Å². The Bertz CT molecular complexity index is 452. The number of hydrogen-bond acceptors (Lipinski definition) is 4. The fourth-order valence-electron chi connectivity index (χ4n) is 1.16. The van der Waals surface area contributed by atoms with Gasteiger partial charge in [0.25, 0.3) is 5.85 Å². The van der Waals surface area contributed by atoms with Crippen LogP contribution in [0.25, 0.3) is 0 Å². The van der Waals surface area contributed by atoms with Crippen LogP contribution in [0.1, 0.15) is 5.56 Å². The number of carbonyl (C=O) groups excluding carboxylic acids is 1. The van der Waals surface area contributed by atoms with Gasteiger partial charge in [-0.25, -0.2) is 4.79 Å². The molecule has 1 atom stereocenters. The molecule has 1 aromatic carbocycles. The summed E-state index contributed by atoms with van der Waals surface area (Å²) in [5.74, 6) is -2.82. The van der Waals surface area contributed by atoms with Crippen LogP contribution >= 0.6 is 7.60 Å². The van der Waals surface area contributed by atoms with Gasteiger partial charge in [-0.15, -0.1) is 0 Å². The number of para-hydroxylation sites is 1. The summed E-state index contributed by atoms with van der Waals surface area (Å²) in [5, 5.41) is 0. The summed E-state index contributed by atoms with van der Waals surface area (Å²) in [5.41, 5.74) is 0.662. The summed E-state index contributed by atoms with van der Waals surface area (Å²) in [4.78, 5) is 29.3. The highest BCUT2D eigenvalue weighted by Gasteiger charge is 2.39. The van der Waals surface area contributed by atoms with E-state index in [4.69, 9.17) is 14.5 Å². The van der Waals surface area contributed by atoms with Crippen molar-refractivity contribution in [1.29, 1.82) is 0 Å². The normalized spacial score (nSPS) is 12.9. The molecule has 0 aliphatic heterocycles. The third-order valence-corrected chi connectivity index (χ3v) is 2.97. The maximum atomic E-state index is 11.2. The lowest BCUT2D eigenvalue weighted by molar-refractivity contribution is -0.145. The van der Waals surface area contributed by atoms with E-state index >= 15 is 0 Å². The number of methoxy groups -OCH3 is 1. The molecule has 0 spiro atoms. The molecule has 0 fully saturated rings. The van der Waals surface area contributed by atoms with Crippen LogP contribution < -0.4 is 4.74 Å². The number of hydrogen-bond donors (Lipinski definition) is 2. The predicted molar refractivity (Wildman–Crippen MR) is 59.7 cm³/mol. The molecule has 1 aromatic rings. The monoisotopic (exact) mass is 260 g/mol. The van der Waals surface area contributed by atoms with E-state index in [9.17, 15) is 9.36 Å². The van der Waals surface area contributed by atoms with Gasteiger partial charge in [0, 0.05) is 0 Å². The molecule has 0 bridgehead atoms. The Kier molecular flexibility index (Phi) is 4.28. The summed E-state index contributed by atoms with van der Waals surface area (Å²) in [6, 6.07) is 6.59. The van der Waals surface area contributed by atoms with Crippen molar-refractivity contribution in [1.82, 2.24) is 0 Å². The van der Waals surface area contributed by atoms with Gasteiger partial charge in [0.05, 0.1) is 7.11 Å². The van der Waals surface area contributed by atoms with Crippen LogP contribution in [0.5, 0.6) is 5.75 Å². The third kappa shape index (κ3) is 3.56. The lowest BCUT2D eigenvalue weighted by Crippen LogP contribution is -2.28. The molecule has 0 saturated carbocycles. The van der Waals surface area contributed by atoms with E-state index in [1.165, 1.54) is 6.07 Å². The maximum Gasteiger partial charge on any atom is 0.377 e. The number of ether oxygens (including phenoxy) is 2. The molecule has 0 aliphatic carbocycles. The highest BCUT2D eigenvalue weighted by Crippen LogP contribution is 2.43. The molecule has 0 heterocycles. The Morgan fingerprint density at radius 3 is 2.41 bits per heavy atom. The van der Waals surface area contributed by atoms with E-state index in [2.05, 4.69) is 4.74 Å². The topological polar surface area (TPSA) is 93.1 Å². The van der Waals surface area contributed by atoms with E-state index < -0.39 is 19.4 Å². The number of benzene rings is 1. The van der Waals surface area contributed by atoms with Crippen LogP contribution in [0.2, 0.25) is 0 Å². The zero-order valence-electron chi connectivity index (χ0n) is 9.36. The summed E-state index contributed by atoms with van der Waals surface area (Å²) in [6.07, 6.45) is 0. The minimum atomic E-state index is -4.73. The quantitative estimate of drug-likeness (QED) is 0.621. The van der Waals surface area contributed by atoms with Crippen LogP contribution in [0.4, 0.5) is 0 Å². The molecular weight excluding hydrogens is 247 g/mol. The molecule has 0 aliphatic rings. The summed E-state index contributed by atoms with van der Waals surface area (Å²) in [6.45, 7) is 1.70. The highest BCUT2D eigenvalue weighted by molar-refractivity contribution is 7.53. The van der Waals surface area contributed by atoms with Crippen LogP contribution in [0.15, 0.2) is 24.3 Å². The van der Waals surface area contributed by atoms with Crippen molar-refractivity contribution >= 4 is 13.6 Å². The average Bonchev–Trinajstić information content (AvgIpc) is 2.25. The summed E-state index contributed by atoms with van der Waals surface area (Å²) in [7, 11) is -3.70. The molecule has 94 valence electrons. The highest BCUT2D eigenvalue weighted by atomic mass is 31.2. The van der Waals surface area contributed by atoms with Gasteiger partial charge >= 0.3 is 13.6 Å². The van der Waals surface area contributed by atoms with Gasteiger partial charge < -0.3 is 19.3 Å². The summed E-state index contributed by atoms with van der Waals surface area (Å²) >= 11 is 0. The van der Waals surface area contributed by atoms with Crippen molar-refractivity contribution in [3.8, 4) is 5.75 Å². The minimum Gasteiger partial charge on any atom is -0.466 e. The Hall–Kier alpha value is -1.36. The maximum absolute atomic E-state index is 11.2. The van der Waals surface area contributed by atoms with E-state index in [-0.39, 0.29) is 5.75 Å². The van der Waals surface area contributed by atoms with E-state index in [1.54, 1.807) is 25.1 Å². The third-order valence-electron chi connectivity index (χ3n) is 2.04. The van der Waals surface area contributed by atoms with Crippen molar-refractivity contribution in [3.63, 3.8) is 0 Å². The van der Waals surface area contributed by atoms with E-state index in [0.29, 0.717) is 5.56 Å². The van der Waals surface area contributed by atoms with Crippen molar-refractivity contribution in [3.05, 3.63) is 29.8 Å². The van der Waals surface area contributed by atoms with Gasteiger partial charge in [0.1, 0.15) is 5.75 Å². The molecule has 2 N–H and O–H groups in total. The van der Waals surface area contributed by atoms with Crippen molar-refractivity contribution in [2.45, 2.75) is 12.8 Å². The second-order valence-corrected chi connectivity index (χ2v) is 5.00. The molecular formula is C10H13O6P. The zero-order chi connectivity index (χ0) is 13.1. The van der Waals surface area contributed by atoms with Gasteiger partial charge in [0.15, 0.2) is 0 Å². The van der Waals surface area contributed by atoms with E-state index in [1.807, 2.05) is 0 Å². The van der Waals surface area contributed by atoms with Gasteiger partial charge in [-0.1, -0.05) is 18.2 Å². The first-order valence-corrected chi connectivity index (χ1v) is 6.39. The Morgan fingerprint density at radius 1 is 1.35 bits per heavy atom. The van der Waals surface area contributed by atoms with E-state index in [0.717, 1.165) is 7.11 Å². The Labute approximate surface area is 98.3 Å². The number of rotatable bonds is 4. The molecule has 7 heteroatoms. The largest absolute Gasteiger partial charge is 0.466 e. The van der Waals surface area contributed by atoms with Gasteiger partial charge in [-0.2, -0.15) is 0 Å². The SMILES string of the molecule is COC(=O)C(Oc1ccccc1C)P(=O)(O)O. The van der Waals surface area contributed by atoms with Crippen molar-refractivity contribution < 1.29 is 28.6 Å². The molecule has 0 radical (unpaired) electrons. The van der Waals surface area contributed by atoms with Crippen molar-refractivity contribution in [2.75, 3.05) is 7.11 Å². The van der Waals surface area contributed by atoms with Crippen LogP contribution in [-0.4, -0.2) is 28.7 Å². The molecule has 17 heavy (non-hydrogen) atoms. The van der Waals surface area contributed by atoms with Crippen LogP contribution in [0, 0.1) is 6.92 Å². The lowest BCUT2D eigenvalue weighted by atomic mass is 10.2. The molecule has 0 amide bonds. The summed E-state index contributed by atoms with van der Waals surface area (Å²) < 4.78 is 20.4. The first kappa shape index (κ1) is 13.7. The molecule has 1 unspecified atom stereocenters. The molecule has 1 rings (SSSR count). The molecule has 0 saturated heterocycles. The fraction of sp³-hybridized carbons (Fsp3) is 0.300. The number of aryl methyl sites for hydroxylation is 1. The molecule has 0 aromatic heterocycles. The fourth-order valence-corrected chi connectivity index (χ4v) is 1.79. The predicted octanol–water partition coefficient (Wildman–Crippen LogP) is 1.05. The Morgan fingerprint density at radius 2 is 1.94 bits per heavy atom. The minimum absolute atomic E-state index is 0.228. The standard InChI is InChI=1S/C10H13O6P/c1-7-5-3-4-6-8(7)16-10(9(11)15-2)17(12,13)14/h3-6,10H,1-2H3,(H2,12,13,14). The smallest absolute Gasteiger partial charge is 0.377 e. The average molecular weight is 260 g/mol. The lowest BCUT2D eigenvalue weighted by Gasteiger charge is -2.18. The van der Waals surface area contributed by atoms with Crippen LogP contribution in [-0.2, 0) is 14.1 Å². The Balaban J connectivity index is 3.00.